The Kier molecular flexibility index (Phi) is 50.7. The standard InChI is InChI=1S/C72H204O32Si31/c1-65-67-70-105(3,4)75-107(7,8)77-109(11,12)79-111(15,16)81-113(19,20)83-115(23,24)85-117(27,28)87-119(31,32)89-121(35,36)91-123(39,40)93-125(43,44)95-127(47,48)97-129(51,52)99-131(55,56)101-133(59,60)103-135(63,64)104-134(61,62)102-132(57,58)100-130(53,54)98-128(49,50)96-126(45,46)94-124(41,42)92-122(37,38)90-120(33,34)88-118(29,30)86-116(25,26)84-114(21,22)82-112(17,18)80-110(13,14)78-108(9,10)76-106(5,6)71-68-69-74-72(73)66-2/h66H,2,65,67-71H2,1,3-64H3. The van der Waals surface area contributed by atoms with Crippen molar-refractivity contribution in [1.29, 1.82) is 0 Å². The maximum absolute atomic E-state index is 11.6. The monoisotopic (exact) mass is 2450 g/mol. The van der Waals surface area contributed by atoms with Crippen LogP contribution in [0.5, 0.6) is 0 Å². The van der Waals surface area contributed by atoms with Crippen LogP contribution in [0.25, 0.3) is 0 Å². The number of hydrogen-bond donors (Lipinski definition) is 0. The van der Waals surface area contributed by atoms with Gasteiger partial charge in [-0.3, -0.25) is 0 Å². The molecule has 808 valence electrons. The van der Waals surface area contributed by atoms with E-state index >= 15 is 0 Å². The molecule has 32 nitrogen and oxygen atoms in total. The second-order valence-electron chi connectivity index (χ2n) is 49.8. The average Bonchev–Trinajstić information content (AvgIpc) is 0.797. The minimum absolute atomic E-state index is 0.325. The van der Waals surface area contributed by atoms with Gasteiger partial charge in [-0.1, -0.05) is 26.3 Å². The molecular formula is C72H204O32Si31. The van der Waals surface area contributed by atoms with Crippen LogP contribution >= 0.6 is 0 Å². The number of carbonyl (C=O) groups is 1. The fourth-order valence-electron chi connectivity index (χ4n) is 19.9. The zero-order valence-corrected chi connectivity index (χ0v) is 129. The van der Waals surface area contributed by atoms with E-state index in [0.29, 0.717) is 13.0 Å². The molecule has 0 aromatic carbocycles. The lowest BCUT2D eigenvalue weighted by Crippen LogP contribution is -2.63. The zero-order chi connectivity index (χ0) is 108. The summed E-state index contributed by atoms with van der Waals surface area (Å²) in [6.45, 7) is 134. The molecule has 0 aliphatic carbocycles. The third-order valence-electron chi connectivity index (χ3n) is 17.3. The number of unbranched alkanes of at least 4 members (excludes halogenated alkanes) is 1. The van der Waals surface area contributed by atoms with Gasteiger partial charge in [-0.2, -0.15) is 0 Å². The highest BCUT2D eigenvalue weighted by molar-refractivity contribution is 6.99. The molecule has 0 saturated heterocycles. The first-order chi connectivity index (χ1) is 58.2. The summed E-state index contributed by atoms with van der Waals surface area (Å²) in [7, 11) is -87.4. The van der Waals surface area contributed by atoms with Crippen molar-refractivity contribution in [1.82, 2.24) is 0 Å². The van der Waals surface area contributed by atoms with Gasteiger partial charge in [0, 0.05) is 6.08 Å². The Balaban J connectivity index is 5.97. The van der Waals surface area contributed by atoms with E-state index in [-0.39, 0.29) is 0 Å². The maximum Gasteiger partial charge on any atom is 0.330 e. The van der Waals surface area contributed by atoms with Gasteiger partial charge in [0.1, 0.15) is 0 Å². The van der Waals surface area contributed by atoms with Gasteiger partial charge >= 0.3 is 254 Å². The van der Waals surface area contributed by atoms with Crippen LogP contribution in [0.3, 0.4) is 0 Å². The van der Waals surface area contributed by atoms with Gasteiger partial charge in [0.25, 0.3) is 0 Å². The number of esters is 1. The number of carbonyl (C=O) groups excluding carboxylic acids is 1. The summed E-state index contributed by atoms with van der Waals surface area (Å²) in [6.07, 6.45) is 4.20. The quantitative estimate of drug-likeness (QED) is 0.0236. The highest BCUT2D eigenvalue weighted by atomic mass is 28.6. The predicted octanol–water partition coefficient (Wildman–Crippen LogP) is 25.2. The minimum Gasteiger partial charge on any atom is -0.463 e. The van der Waals surface area contributed by atoms with Crippen LogP contribution in [0.15, 0.2) is 12.7 Å². The molecule has 0 bridgehead atoms. The van der Waals surface area contributed by atoms with Crippen LogP contribution in [-0.4, -0.2) is 277 Å². The van der Waals surface area contributed by atoms with Crippen molar-refractivity contribution in [3.8, 4) is 0 Å². The zero-order valence-electron chi connectivity index (χ0n) is 97.6. The van der Waals surface area contributed by atoms with Gasteiger partial charge in [0.15, 0.2) is 16.6 Å². The summed E-state index contributed by atoms with van der Waals surface area (Å²) < 4.78 is 214. The lowest BCUT2D eigenvalue weighted by molar-refractivity contribution is -0.137. The van der Waals surface area contributed by atoms with Crippen molar-refractivity contribution in [2.24, 2.45) is 0 Å². The number of ether oxygens (including phenoxy) is 1. The van der Waals surface area contributed by atoms with Gasteiger partial charge < -0.3 is 128 Å². The van der Waals surface area contributed by atoms with Crippen molar-refractivity contribution in [3.63, 3.8) is 0 Å². The van der Waals surface area contributed by atoms with E-state index in [1.165, 1.54) is 6.08 Å². The predicted molar refractivity (Wildman–Crippen MR) is 625 cm³/mol. The molecular weight excluding hydrogens is 2250 g/mol. The van der Waals surface area contributed by atoms with Crippen molar-refractivity contribution < 1.29 is 133 Å². The molecule has 0 heterocycles. The van der Waals surface area contributed by atoms with Crippen molar-refractivity contribution in [2.75, 3.05) is 6.61 Å². The van der Waals surface area contributed by atoms with Crippen molar-refractivity contribution in [2.45, 2.75) is 444 Å². The molecule has 135 heavy (non-hydrogen) atoms. The molecule has 0 aliphatic rings. The molecule has 0 aromatic rings. The molecule has 63 heteroatoms. The van der Waals surface area contributed by atoms with Gasteiger partial charge in [-0.15, -0.1) is 0 Å². The first kappa shape index (κ1) is 140. The molecule has 0 spiro atoms. The van der Waals surface area contributed by atoms with E-state index in [9.17, 15) is 4.79 Å². The van der Waals surface area contributed by atoms with Crippen LogP contribution in [0.2, 0.25) is 418 Å². The SMILES string of the molecule is C=CC(=O)OCCC[Si](C)(C)O[Si](C)(C)O[Si](C)(C)O[Si](C)(C)O[Si](C)(C)O[Si](C)(C)O[Si](C)(C)O[Si](C)(C)O[Si](C)(C)O[Si](C)(C)O[Si](C)(C)O[Si](C)(C)O[Si](C)(C)O[Si](C)(C)O[Si](C)(C)O[Si](C)(C)O[Si](C)(C)O[Si](C)(C)O[Si](C)(C)O[Si](C)(C)O[Si](C)(C)O[Si](C)(C)O[Si](C)(C)O[Si](C)(C)O[Si](C)(C)O[Si](C)(C)O[Si](C)(C)O[Si](C)(C)O[Si](C)(C)O[Si](C)(C)O[Si](C)(C)CCCC. The lowest BCUT2D eigenvalue weighted by Gasteiger charge is -2.45. The highest BCUT2D eigenvalue weighted by Crippen LogP contribution is 2.40. The number of rotatable bonds is 68. The molecule has 0 N–H and O–H groups in total. The van der Waals surface area contributed by atoms with Gasteiger partial charge in [0.2, 0.25) is 0 Å². The average molecular weight is 2450 g/mol. The number of hydrogen-bond acceptors (Lipinski definition) is 32. The largest absolute Gasteiger partial charge is 0.463 e. The Morgan fingerprint density at radius 3 is 0.341 bits per heavy atom. The topological polar surface area (TPSA) is 303 Å². The highest BCUT2D eigenvalue weighted by Gasteiger charge is 2.59. The normalized spacial score (nSPS) is 15.9. The van der Waals surface area contributed by atoms with Crippen LogP contribution in [-0.2, 0) is 133 Å². The molecule has 0 fully saturated rings. The fraction of sp³-hybridized carbons (Fsp3) is 0.958. The Morgan fingerprint density at radius 2 is 0.252 bits per heavy atom. The van der Waals surface area contributed by atoms with Crippen LogP contribution in [0, 0.1) is 0 Å². The summed E-state index contributed by atoms with van der Waals surface area (Å²) >= 11 is 0. The van der Waals surface area contributed by atoms with E-state index < -0.39 is 271 Å². The molecule has 0 radical (unpaired) electrons. The summed E-state index contributed by atoms with van der Waals surface area (Å²) in [5.41, 5.74) is 0. The molecule has 0 saturated carbocycles. The smallest absolute Gasteiger partial charge is 0.330 e. The van der Waals surface area contributed by atoms with E-state index in [2.05, 4.69) is 288 Å². The molecule has 0 amide bonds. The summed E-state index contributed by atoms with van der Waals surface area (Å²) in [6, 6.07) is 1.93. The molecule has 0 atom stereocenters. The third kappa shape index (κ3) is 65.0. The minimum atomic E-state index is -2.95. The van der Waals surface area contributed by atoms with E-state index in [1.807, 2.05) is 131 Å². The molecule has 0 aliphatic heterocycles. The molecule has 0 rings (SSSR count). The fourth-order valence-corrected chi connectivity index (χ4v) is 182. The Hall–Kier alpha value is 4.73. The molecule has 0 aromatic heterocycles. The first-order valence-electron chi connectivity index (χ1n) is 48.1. The van der Waals surface area contributed by atoms with Crippen LogP contribution in [0.4, 0.5) is 0 Å². The van der Waals surface area contributed by atoms with Gasteiger partial charge in [-0.05, 0) is 424 Å². The van der Waals surface area contributed by atoms with Gasteiger partial charge in [0.05, 0.1) is 6.61 Å². The van der Waals surface area contributed by atoms with E-state index in [0.717, 1.165) is 24.9 Å². The maximum atomic E-state index is 11.6. The van der Waals surface area contributed by atoms with Crippen molar-refractivity contribution >= 4 is 271 Å². The second-order valence-corrected chi connectivity index (χ2v) is 163. The van der Waals surface area contributed by atoms with Gasteiger partial charge in [-0.25, -0.2) is 4.79 Å². The summed E-state index contributed by atoms with van der Waals surface area (Å²) in [4.78, 5) is 11.6. The summed E-state index contributed by atoms with van der Waals surface area (Å²) in [5, 5.41) is 0. The third-order valence-corrected chi connectivity index (χ3v) is 139. The van der Waals surface area contributed by atoms with Crippen molar-refractivity contribution in [3.05, 3.63) is 12.7 Å². The lowest BCUT2D eigenvalue weighted by atomic mass is 10.4. The second kappa shape index (κ2) is 49.0. The summed E-state index contributed by atoms with van der Waals surface area (Å²) in [5.74, 6) is -0.420. The Labute approximate surface area is 859 Å². The van der Waals surface area contributed by atoms with Crippen LogP contribution in [0.1, 0.15) is 26.2 Å². The van der Waals surface area contributed by atoms with Crippen LogP contribution < -0.4 is 0 Å². The Morgan fingerprint density at radius 1 is 0.163 bits per heavy atom. The first-order valence-corrected chi connectivity index (χ1v) is 136. The Bertz CT molecular complexity index is 3540. The van der Waals surface area contributed by atoms with E-state index in [1.54, 1.807) is 0 Å². The van der Waals surface area contributed by atoms with E-state index in [4.69, 9.17) is 128 Å². The molecule has 0 unspecified atom stereocenters.